The maximum Gasteiger partial charge on any atom is 0.412 e. The number of nitrogens with one attached hydrogen (secondary N) is 2. The van der Waals surface area contributed by atoms with Crippen molar-refractivity contribution < 1.29 is 37.9 Å². The number of nitrogens with zero attached hydrogens (tertiary/aromatic N) is 3. The SMILES string of the molecule is C[C@H](CCC(C)(C)[Si](C)(C)O)N(CC(=O)N[C@@H](CCC(C)(C)[Si](C)(C)O)c1cccc(Cl)c1F)C(=O)Cn1nc(C(N)=O)c2cc(NC(=O)OC(C)(C)C)ccc21. The number of nitrogens with two attached hydrogens (primary N) is 1. The Morgan fingerprint density at radius 3 is 2.09 bits per heavy atom. The van der Waals surface area contributed by atoms with E-state index in [9.17, 15) is 28.8 Å². The number of hydrogen-bond donors (Lipinski definition) is 5. The normalized spacial score (nSPS) is 13.9. The largest absolute Gasteiger partial charge is 0.444 e. The molecule has 4 amide bonds. The predicted molar refractivity (Wildman–Crippen MR) is 228 cm³/mol. The summed E-state index contributed by atoms with van der Waals surface area (Å²) >= 11 is 6.17. The average molecular weight is 850 g/mol. The van der Waals surface area contributed by atoms with Crippen molar-refractivity contribution in [2.45, 2.75) is 142 Å². The second kappa shape index (κ2) is 18.0. The number of halogens is 2. The molecule has 0 aliphatic heterocycles. The number of aromatic nitrogens is 2. The van der Waals surface area contributed by atoms with Gasteiger partial charge in [-0.15, -0.1) is 0 Å². The molecule has 2 aromatic carbocycles. The first-order valence-corrected chi connectivity index (χ1v) is 25.5. The molecule has 17 heteroatoms. The second-order valence-electron chi connectivity index (χ2n) is 18.3. The second-order valence-corrected chi connectivity index (χ2v) is 27.7. The molecule has 316 valence electrons. The molecule has 57 heavy (non-hydrogen) atoms. The van der Waals surface area contributed by atoms with Crippen LogP contribution in [0.4, 0.5) is 14.9 Å². The smallest absolute Gasteiger partial charge is 0.412 e. The molecule has 0 radical (unpaired) electrons. The van der Waals surface area contributed by atoms with E-state index in [1.165, 1.54) is 21.7 Å². The van der Waals surface area contributed by atoms with E-state index in [1.54, 1.807) is 45.0 Å². The summed E-state index contributed by atoms with van der Waals surface area (Å²) in [6, 6.07) is 7.95. The van der Waals surface area contributed by atoms with Crippen LogP contribution in [0.15, 0.2) is 36.4 Å². The van der Waals surface area contributed by atoms with Crippen molar-refractivity contribution >= 4 is 68.6 Å². The van der Waals surface area contributed by atoms with Gasteiger partial charge in [-0.3, -0.25) is 24.4 Å². The van der Waals surface area contributed by atoms with E-state index in [1.807, 2.05) is 60.8 Å². The minimum atomic E-state index is -2.65. The number of anilines is 1. The van der Waals surface area contributed by atoms with Crippen molar-refractivity contribution in [3.05, 3.63) is 58.5 Å². The summed E-state index contributed by atoms with van der Waals surface area (Å²) in [4.78, 5) is 76.7. The molecule has 3 aromatic rings. The highest BCUT2D eigenvalue weighted by molar-refractivity contribution is 6.73. The van der Waals surface area contributed by atoms with Crippen LogP contribution in [-0.4, -0.2) is 82.9 Å². The fraction of sp³-hybridized carbons (Fsp3) is 0.575. The summed E-state index contributed by atoms with van der Waals surface area (Å²) < 4.78 is 22.2. The molecular weight excluding hydrogens is 787 g/mol. The number of carbonyl (C=O) groups is 4. The quantitative estimate of drug-likeness (QED) is 0.0849. The zero-order valence-corrected chi connectivity index (χ0v) is 38.2. The van der Waals surface area contributed by atoms with Gasteiger partial charge < -0.3 is 30.3 Å². The van der Waals surface area contributed by atoms with Crippen molar-refractivity contribution in [1.82, 2.24) is 20.0 Å². The molecule has 0 aliphatic rings. The van der Waals surface area contributed by atoms with Gasteiger partial charge in [-0.05, 0) is 114 Å². The third kappa shape index (κ3) is 12.6. The maximum atomic E-state index is 15.5. The van der Waals surface area contributed by atoms with Gasteiger partial charge in [-0.2, -0.15) is 5.10 Å². The van der Waals surface area contributed by atoms with Crippen LogP contribution in [-0.2, 0) is 20.9 Å². The van der Waals surface area contributed by atoms with Gasteiger partial charge >= 0.3 is 6.09 Å². The number of carbonyl (C=O) groups excluding carboxylic acids is 4. The first-order valence-electron chi connectivity index (χ1n) is 19.2. The molecule has 6 N–H and O–H groups in total. The summed E-state index contributed by atoms with van der Waals surface area (Å²) in [5.74, 6) is -2.55. The first kappa shape index (κ1) is 47.5. The zero-order valence-electron chi connectivity index (χ0n) is 35.5. The lowest BCUT2D eigenvalue weighted by molar-refractivity contribution is -0.139. The molecule has 0 saturated heterocycles. The molecule has 1 aromatic heterocycles. The Kier molecular flexibility index (Phi) is 15.0. The summed E-state index contributed by atoms with van der Waals surface area (Å²) in [5.41, 5.74) is 5.72. The van der Waals surface area contributed by atoms with Gasteiger partial charge in [0.1, 0.15) is 18.0 Å². The summed E-state index contributed by atoms with van der Waals surface area (Å²) in [7, 11) is -5.27. The third-order valence-corrected chi connectivity index (χ3v) is 18.7. The van der Waals surface area contributed by atoms with Crippen LogP contribution < -0.4 is 16.4 Å². The van der Waals surface area contributed by atoms with Gasteiger partial charge in [0.25, 0.3) is 5.91 Å². The fourth-order valence-corrected chi connectivity index (χ4v) is 7.72. The van der Waals surface area contributed by atoms with E-state index in [0.717, 1.165) is 0 Å². The zero-order chi connectivity index (χ0) is 43.5. The van der Waals surface area contributed by atoms with Gasteiger partial charge in [-0.1, -0.05) is 51.4 Å². The minimum absolute atomic E-state index is 0.0965. The number of hydrogen-bond acceptors (Lipinski definition) is 8. The van der Waals surface area contributed by atoms with E-state index in [2.05, 4.69) is 15.7 Å². The standard InChI is InChI=1S/C40H62ClFN6O7Si2/c1-25(18-20-39(5,6)56(9,10)53)47(23-32(49)45-30(19-21-40(7,8)57(11,12)54)27-14-13-15-29(41)34(27)42)33(50)24-48-31-17-16-26(44-37(52)55-38(2,3)4)22-28(31)35(46-48)36(43)51/h13-17,22,25,30,53-54H,18-21,23-24H2,1-12H3,(H2,43,51)(H,44,52)(H,45,49)/t25-,30+/m1/s1. The highest BCUT2D eigenvalue weighted by Crippen LogP contribution is 2.43. The van der Waals surface area contributed by atoms with Crippen molar-refractivity contribution in [1.29, 1.82) is 0 Å². The van der Waals surface area contributed by atoms with Crippen molar-refractivity contribution in [2.24, 2.45) is 5.73 Å². The van der Waals surface area contributed by atoms with E-state index in [4.69, 9.17) is 22.1 Å². The molecule has 0 fully saturated rings. The van der Waals surface area contributed by atoms with Crippen LogP contribution in [0.2, 0.25) is 41.3 Å². The molecule has 3 rings (SSSR count). The molecular formula is C40H62ClFN6O7Si2. The monoisotopic (exact) mass is 848 g/mol. The Bertz CT molecular complexity index is 1950. The Morgan fingerprint density at radius 2 is 1.54 bits per heavy atom. The van der Waals surface area contributed by atoms with Crippen molar-refractivity contribution in [2.75, 3.05) is 11.9 Å². The Balaban J connectivity index is 2.00. The van der Waals surface area contributed by atoms with Gasteiger partial charge in [0.2, 0.25) is 11.8 Å². The van der Waals surface area contributed by atoms with Gasteiger partial charge in [0.05, 0.1) is 23.1 Å². The topological polar surface area (TPSA) is 189 Å². The van der Waals surface area contributed by atoms with E-state index in [0.29, 0.717) is 42.3 Å². The number of benzene rings is 2. The predicted octanol–water partition coefficient (Wildman–Crippen LogP) is 7.86. The van der Waals surface area contributed by atoms with Crippen LogP contribution in [0.5, 0.6) is 0 Å². The molecule has 0 unspecified atom stereocenters. The average Bonchev–Trinajstić information content (AvgIpc) is 3.41. The number of fused-ring (bicyclic) bond motifs is 1. The molecule has 13 nitrogen and oxygen atoms in total. The van der Waals surface area contributed by atoms with Crippen molar-refractivity contribution in [3.8, 4) is 0 Å². The van der Waals surface area contributed by atoms with Crippen molar-refractivity contribution in [3.63, 3.8) is 0 Å². The third-order valence-electron chi connectivity index (χ3n) is 11.3. The number of primary amides is 1. The number of rotatable bonds is 17. The van der Waals surface area contributed by atoms with Gasteiger partial charge in [0, 0.05) is 22.7 Å². The molecule has 1 heterocycles. The minimum Gasteiger partial charge on any atom is -0.444 e. The Morgan fingerprint density at radius 1 is 0.965 bits per heavy atom. The van der Waals surface area contributed by atoms with Gasteiger partial charge in [-0.25, -0.2) is 9.18 Å². The molecule has 2 atom stereocenters. The van der Waals surface area contributed by atoms with Gasteiger partial charge in [0.15, 0.2) is 22.3 Å². The lowest BCUT2D eigenvalue weighted by Crippen LogP contribution is -2.48. The van der Waals surface area contributed by atoms with Crippen LogP contribution in [0.1, 0.15) is 103 Å². The molecule has 0 aliphatic carbocycles. The highest BCUT2D eigenvalue weighted by Gasteiger charge is 2.40. The molecule has 0 spiro atoms. The Labute approximate surface area is 343 Å². The van der Waals surface area contributed by atoms with Crippen LogP contribution >= 0.6 is 11.6 Å². The first-order chi connectivity index (χ1) is 25.9. The summed E-state index contributed by atoms with van der Waals surface area (Å²) in [6.45, 7) is 21.5. The van der Waals surface area contributed by atoms with Crippen LogP contribution in [0, 0.1) is 5.82 Å². The van der Waals surface area contributed by atoms with E-state index < -0.39 is 80.6 Å². The van der Waals surface area contributed by atoms with Crippen LogP contribution in [0.25, 0.3) is 10.9 Å². The molecule has 0 saturated carbocycles. The lowest BCUT2D eigenvalue weighted by Gasteiger charge is -2.38. The fourth-order valence-electron chi connectivity index (χ4n) is 6.02. The number of amides is 4. The van der Waals surface area contributed by atoms with E-state index >= 15 is 4.39 Å². The van der Waals surface area contributed by atoms with Crippen LogP contribution in [0.3, 0.4) is 0 Å². The number of ether oxygens (including phenoxy) is 1. The lowest BCUT2D eigenvalue weighted by atomic mass is 9.96. The van der Waals surface area contributed by atoms with E-state index in [-0.39, 0.29) is 22.8 Å². The highest BCUT2D eigenvalue weighted by atomic mass is 35.5. The maximum absolute atomic E-state index is 15.5. The Hall–Kier alpha value is -3.84. The summed E-state index contributed by atoms with van der Waals surface area (Å²) in [5, 5.41) is 9.27. The molecule has 0 bridgehead atoms. The summed E-state index contributed by atoms with van der Waals surface area (Å²) in [6.07, 6.45) is 1.07.